The van der Waals surface area contributed by atoms with Gasteiger partial charge in [0.1, 0.15) is 16.8 Å². The van der Waals surface area contributed by atoms with Crippen molar-refractivity contribution in [2.75, 3.05) is 0 Å². The lowest BCUT2D eigenvalue weighted by Gasteiger charge is -2.26. The number of fused-ring (bicyclic) bond motifs is 1. The minimum absolute atomic E-state index is 0.237. The molecule has 0 saturated carbocycles. The molecule has 1 heterocycles. The third-order valence-electron chi connectivity index (χ3n) is 4.17. The first-order valence-corrected chi connectivity index (χ1v) is 7.74. The number of aryl methyl sites for hydroxylation is 2. The number of carbonyl (C=O) groups excluding carboxylic acids is 1. The van der Waals surface area contributed by atoms with Gasteiger partial charge in [0, 0.05) is 13.1 Å². The molecule has 1 N–H and O–H groups in total. The predicted molar refractivity (Wildman–Crippen MR) is 82.5 cm³/mol. The molecule has 23 heavy (non-hydrogen) atoms. The van der Waals surface area contributed by atoms with Crippen LogP contribution in [0.2, 0.25) is 5.15 Å². The van der Waals surface area contributed by atoms with Gasteiger partial charge in [-0.2, -0.15) is 5.10 Å². The van der Waals surface area contributed by atoms with Crippen LogP contribution < -0.4 is 5.32 Å². The van der Waals surface area contributed by atoms with Crippen LogP contribution in [0.5, 0.6) is 0 Å². The van der Waals surface area contributed by atoms with Gasteiger partial charge in [-0.15, -0.1) is 0 Å². The van der Waals surface area contributed by atoms with Gasteiger partial charge in [0.2, 0.25) is 0 Å². The molecule has 0 saturated heterocycles. The number of rotatable bonds is 2. The fourth-order valence-electron chi connectivity index (χ4n) is 3.10. The van der Waals surface area contributed by atoms with Gasteiger partial charge in [-0.05, 0) is 43.4 Å². The van der Waals surface area contributed by atoms with Crippen LogP contribution in [0.1, 0.15) is 46.1 Å². The largest absolute Gasteiger partial charge is 0.345 e. The third-order valence-corrected chi connectivity index (χ3v) is 4.61. The summed E-state index contributed by atoms with van der Waals surface area (Å²) in [4.78, 5) is 12.5. The zero-order valence-electron chi connectivity index (χ0n) is 12.8. The normalized spacial score (nSPS) is 17.0. The number of amides is 1. The highest BCUT2D eigenvalue weighted by atomic mass is 35.5. The second kappa shape index (κ2) is 5.92. The molecular weight excluding hydrogens is 324 g/mol. The van der Waals surface area contributed by atoms with Crippen molar-refractivity contribution in [3.63, 3.8) is 0 Å². The molecule has 1 aromatic carbocycles. The van der Waals surface area contributed by atoms with Crippen LogP contribution >= 0.6 is 11.6 Å². The standard InChI is InChI=1S/C16H16ClF2N3O/c1-8-14(15(17)22(2)21-8)16(23)20-13-5-3-4-10-11(13)6-9(18)7-12(10)19/h6-7,13H,3-5H2,1-2H3,(H,20,23)/t13-/m1/s1. The first-order valence-electron chi connectivity index (χ1n) is 7.36. The van der Waals surface area contributed by atoms with Gasteiger partial charge in [-0.1, -0.05) is 11.6 Å². The molecular formula is C16H16ClF2N3O. The zero-order valence-corrected chi connectivity index (χ0v) is 13.5. The van der Waals surface area contributed by atoms with Gasteiger partial charge in [0.25, 0.3) is 5.91 Å². The van der Waals surface area contributed by atoms with Crippen molar-refractivity contribution in [1.29, 1.82) is 0 Å². The second-order valence-electron chi connectivity index (χ2n) is 5.75. The lowest BCUT2D eigenvalue weighted by Crippen LogP contribution is -2.31. The first-order chi connectivity index (χ1) is 10.9. The Kier molecular flexibility index (Phi) is 4.10. The number of aromatic nitrogens is 2. The molecule has 1 aliphatic carbocycles. The van der Waals surface area contributed by atoms with E-state index in [1.54, 1.807) is 14.0 Å². The highest BCUT2D eigenvalue weighted by Crippen LogP contribution is 2.32. The summed E-state index contributed by atoms with van der Waals surface area (Å²) in [6.07, 6.45) is 1.89. The smallest absolute Gasteiger partial charge is 0.256 e. The van der Waals surface area contributed by atoms with Crippen LogP contribution in [-0.4, -0.2) is 15.7 Å². The summed E-state index contributed by atoms with van der Waals surface area (Å²) in [7, 11) is 1.65. The van der Waals surface area contributed by atoms with Crippen LogP contribution in [-0.2, 0) is 13.5 Å². The third kappa shape index (κ3) is 2.83. The van der Waals surface area contributed by atoms with E-state index in [0.717, 1.165) is 12.5 Å². The Hall–Kier alpha value is -1.95. The Morgan fingerprint density at radius 3 is 2.83 bits per heavy atom. The number of nitrogens with zero attached hydrogens (tertiary/aromatic N) is 2. The Morgan fingerprint density at radius 2 is 2.17 bits per heavy atom. The summed E-state index contributed by atoms with van der Waals surface area (Å²) < 4.78 is 28.9. The van der Waals surface area contributed by atoms with E-state index in [2.05, 4.69) is 10.4 Å². The summed E-state index contributed by atoms with van der Waals surface area (Å²) in [6.45, 7) is 1.69. The molecule has 0 fully saturated rings. The van der Waals surface area contributed by atoms with E-state index in [1.807, 2.05) is 0 Å². The van der Waals surface area contributed by atoms with Gasteiger partial charge >= 0.3 is 0 Å². The quantitative estimate of drug-likeness (QED) is 0.910. The van der Waals surface area contributed by atoms with Crippen molar-refractivity contribution < 1.29 is 13.6 Å². The fourth-order valence-corrected chi connectivity index (χ4v) is 3.37. The second-order valence-corrected chi connectivity index (χ2v) is 6.11. The Labute approximate surface area is 137 Å². The van der Waals surface area contributed by atoms with Crippen molar-refractivity contribution in [2.24, 2.45) is 7.05 Å². The fraction of sp³-hybridized carbons (Fsp3) is 0.375. The number of hydrogen-bond acceptors (Lipinski definition) is 2. The number of nitrogens with one attached hydrogen (secondary N) is 1. The van der Waals surface area contributed by atoms with Gasteiger partial charge < -0.3 is 5.32 Å². The molecule has 1 atom stereocenters. The number of carbonyl (C=O) groups is 1. The summed E-state index contributed by atoms with van der Waals surface area (Å²) in [6, 6.07) is 1.73. The molecule has 4 nitrogen and oxygen atoms in total. The molecule has 0 aliphatic heterocycles. The maximum atomic E-state index is 13.9. The number of benzene rings is 1. The monoisotopic (exact) mass is 339 g/mol. The van der Waals surface area contributed by atoms with Crippen molar-refractivity contribution >= 4 is 17.5 Å². The predicted octanol–water partition coefficient (Wildman–Crippen LogP) is 3.47. The van der Waals surface area contributed by atoms with Crippen LogP contribution in [0.25, 0.3) is 0 Å². The van der Waals surface area contributed by atoms with Gasteiger partial charge in [0.15, 0.2) is 0 Å². The van der Waals surface area contributed by atoms with Gasteiger partial charge in [-0.25, -0.2) is 8.78 Å². The lowest BCUT2D eigenvalue weighted by molar-refractivity contribution is 0.0932. The SMILES string of the molecule is Cc1nn(C)c(Cl)c1C(=O)N[C@@H]1CCCc2c(F)cc(F)cc21. The average Bonchev–Trinajstić information content (AvgIpc) is 2.73. The molecule has 1 aliphatic rings. The maximum absolute atomic E-state index is 13.9. The minimum Gasteiger partial charge on any atom is -0.345 e. The molecule has 3 rings (SSSR count). The van der Waals surface area contributed by atoms with Gasteiger partial charge in [0.05, 0.1) is 17.3 Å². The van der Waals surface area contributed by atoms with Gasteiger partial charge in [-0.3, -0.25) is 9.48 Å². The van der Waals surface area contributed by atoms with Crippen LogP contribution in [0.3, 0.4) is 0 Å². The van der Waals surface area contributed by atoms with E-state index < -0.39 is 17.7 Å². The van der Waals surface area contributed by atoms with E-state index >= 15 is 0 Å². The Bertz CT molecular complexity index is 788. The van der Waals surface area contributed by atoms with Crippen molar-refractivity contribution in [2.45, 2.75) is 32.2 Å². The summed E-state index contributed by atoms with van der Waals surface area (Å²) >= 11 is 6.10. The number of hydrogen-bond donors (Lipinski definition) is 1. The zero-order chi connectivity index (χ0) is 16.7. The lowest BCUT2D eigenvalue weighted by atomic mass is 9.87. The van der Waals surface area contributed by atoms with E-state index in [9.17, 15) is 13.6 Å². The van der Waals surface area contributed by atoms with Crippen molar-refractivity contribution in [1.82, 2.24) is 15.1 Å². The van der Waals surface area contributed by atoms with E-state index in [-0.39, 0.29) is 16.6 Å². The number of halogens is 3. The minimum atomic E-state index is -0.641. The first kappa shape index (κ1) is 15.9. The molecule has 122 valence electrons. The van der Waals surface area contributed by atoms with Crippen LogP contribution in [0.4, 0.5) is 8.78 Å². The molecule has 1 amide bonds. The van der Waals surface area contributed by atoms with E-state index in [1.165, 1.54) is 10.7 Å². The molecule has 7 heteroatoms. The molecule has 0 unspecified atom stereocenters. The van der Waals surface area contributed by atoms with Crippen LogP contribution in [0.15, 0.2) is 12.1 Å². The molecule has 0 spiro atoms. The molecule has 2 aromatic rings. The summed E-state index contributed by atoms with van der Waals surface area (Å²) in [5.74, 6) is -1.59. The molecule has 0 radical (unpaired) electrons. The van der Waals surface area contributed by atoms with Crippen molar-refractivity contribution in [3.8, 4) is 0 Å². The molecule has 1 aromatic heterocycles. The maximum Gasteiger partial charge on any atom is 0.256 e. The van der Waals surface area contributed by atoms with E-state index in [0.29, 0.717) is 29.7 Å². The van der Waals surface area contributed by atoms with Crippen molar-refractivity contribution in [3.05, 3.63) is 51.3 Å². The summed E-state index contributed by atoms with van der Waals surface area (Å²) in [5.41, 5.74) is 1.77. The Balaban J connectivity index is 1.92. The summed E-state index contributed by atoms with van der Waals surface area (Å²) in [5, 5.41) is 7.17. The van der Waals surface area contributed by atoms with Crippen LogP contribution in [0, 0.1) is 18.6 Å². The Morgan fingerprint density at radius 1 is 1.43 bits per heavy atom. The highest BCUT2D eigenvalue weighted by molar-refractivity contribution is 6.33. The average molecular weight is 340 g/mol. The van der Waals surface area contributed by atoms with E-state index in [4.69, 9.17) is 11.6 Å². The topological polar surface area (TPSA) is 46.9 Å². The highest BCUT2D eigenvalue weighted by Gasteiger charge is 2.27. The molecule has 0 bridgehead atoms.